The number of primary amides is 1. The van der Waals surface area contributed by atoms with Crippen molar-refractivity contribution >= 4 is 23.6 Å². The Morgan fingerprint density at radius 2 is 1.63 bits per heavy atom. The maximum atomic E-state index is 14.1. The number of aromatic nitrogens is 2. The van der Waals surface area contributed by atoms with Gasteiger partial charge in [0.1, 0.15) is 12.3 Å². The van der Waals surface area contributed by atoms with Gasteiger partial charge in [-0.1, -0.05) is 80.1 Å². The molecule has 0 aliphatic rings. The van der Waals surface area contributed by atoms with Gasteiger partial charge in [0, 0.05) is 12.2 Å². The fraction of sp³-hybridized carbons (Fsp3) is 0.242. The van der Waals surface area contributed by atoms with Crippen LogP contribution in [-0.2, 0) is 32.9 Å². The first-order chi connectivity index (χ1) is 20.8. The Balaban J connectivity index is 1.73. The van der Waals surface area contributed by atoms with Gasteiger partial charge in [0.15, 0.2) is 0 Å². The molecule has 0 bridgehead atoms. The van der Waals surface area contributed by atoms with Crippen LogP contribution in [0.3, 0.4) is 0 Å². The van der Waals surface area contributed by atoms with Gasteiger partial charge in [-0.25, -0.2) is 4.79 Å². The van der Waals surface area contributed by atoms with E-state index in [2.05, 4.69) is 15.6 Å². The first-order valence-electron chi connectivity index (χ1n) is 14.1. The number of nitrogens with one attached hydrogen (secondary N) is 2. The monoisotopic (exact) mass is 581 g/mol. The molecule has 0 radical (unpaired) electrons. The Kier molecular flexibility index (Phi) is 10.1. The van der Waals surface area contributed by atoms with Gasteiger partial charge in [0.05, 0.1) is 11.4 Å². The summed E-state index contributed by atoms with van der Waals surface area (Å²) in [5.41, 5.74) is 6.11. The van der Waals surface area contributed by atoms with Crippen molar-refractivity contribution in [2.45, 2.75) is 45.3 Å². The predicted octanol–water partition coefficient (Wildman–Crippen LogP) is 4.31. The number of benzene rings is 2. The summed E-state index contributed by atoms with van der Waals surface area (Å²) in [5, 5.41) is 5.29. The van der Waals surface area contributed by atoms with Crippen LogP contribution in [0.4, 0.5) is 10.5 Å². The number of rotatable bonds is 12. The Hall–Kier alpha value is -5.25. The highest BCUT2D eigenvalue weighted by molar-refractivity contribution is 6.07. The van der Waals surface area contributed by atoms with Crippen LogP contribution < -0.4 is 21.9 Å². The van der Waals surface area contributed by atoms with Crippen molar-refractivity contribution in [2.75, 3.05) is 11.9 Å². The van der Waals surface area contributed by atoms with Crippen LogP contribution in [0.15, 0.2) is 95.8 Å². The van der Waals surface area contributed by atoms with Gasteiger partial charge in [-0.15, -0.1) is 0 Å². The zero-order valence-electron chi connectivity index (χ0n) is 24.2. The van der Waals surface area contributed by atoms with Gasteiger partial charge >= 0.3 is 6.09 Å². The highest BCUT2D eigenvalue weighted by atomic mass is 16.5. The number of hydrogen-bond acceptors (Lipinski definition) is 6. The van der Waals surface area contributed by atoms with Crippen molar-refractivity contribution in [1.82, 2.24) is 14.9 Å². The molecule has 4 N–H and O–H groups in total. The molecule has 1 atom stereocenters. The van der Waals surface area contributed by atoms with Gasteiger partial charge in [-0.3, -0.25) is 29.3 Å². The summed E-state index contributed by atoms with van der Waals surface area (Å²) in [5.74, 6) is -1.70. The second-order valence-corrected chi connectivity index (χ2v) is 10.1. The summed E-state index contributed by atoms with van der Waals surface area (Å²) in [6.07, 6.45) is -0.0747. The van der Waals surface area contributed by atoms with E-state index in [9.17, 15) is 19.2 Å². The zero-order valence-corrected chi connectivity index (χ0v) is 24.2. The Morgan fingerprint density at radius 1 is 0.930 bits per heavy atom. The first-order valence-corrected chi connectivity index (χ1v) is 14.1. The maximum Gasteiger partial charge on any atom is 0.412 e. The number of pyridine rings is 2. The lowest BCUT2D eigenvalue weighted by molar-refractivity contribution is -0.141. The summed E-state index contributed by atoms with van der Waals surface area (Å²) in [4.78, 5) is 58.4. The van der Waals surface area contributed by atoms with Crippen molar-refractivity contribution < 1.29 is 19.1 Å². The molecule has 2 aromatic heterocycles. The lowest BCUT2D eigenvalue weighted by Gasteiger charge is -2.34. The van der Waals surface area contributed by atoms with Crippen molar-refractivity contribution in [2.24, 2.45) is 5.73 Å². The molecule has 0 saturated heterocycles. The largest absolute Gasteiger partial charge is 0.443 e. The molecule has 4 rings (SSSR count). The number of nitrogens with zero attached hydrogens (tertiary/aromatic N) is 2. The maximum absolute atomic E-state index is 14.1. The number of amides is 3. The Bertz CT molecular complexity index is 1640. The normalized spacial score (nSPS) is 12.1. The number of ether oxygens (including phenoxy) is 1. The minimum Gasteiger partial charge on any atom is -0.443 e. The fourth-order valence-corrected chi connectivity index (χ4v) is 4.96. The standard InChI is InChI=1S/C33H35N5O5/c1-3-20-33(30(34)40,31(41)35-21-19-24-12-6-4-7-13-24)38-28(25-14-8-5-9-15-25)18-17-27(29(38)39)37-32(42)43-22-26-16-10-11-23(2)36-26/h4-18H,3,19-22H2,1-2H3,(H2,34,40)(H,35,41)(H,37,42). The van der Waals surface area contributed by atoms with Crippen molar-refractivity contribution in [3.8, 4) is 11.3 Å². The highest BCUT2D eigenvalue weighted by Crippen LogP contribution is 2.30. The van der Waals surface area contributed by atoms with Crippen LogP contribution in [0.2, 0.25) is 0 Å². The average Bonchev–Trinajstić information content (AvgIpc) is 3.01. The summed E-state index contributed by atoms with van der Waals surface area (Å²) < 4.78 is 6.39. The van der Waals surface area contributed by atoms with Gasteiger partial charge in [0.2, 0.25) is 5.54 Å². The topological polar surface area (TPSA) is 145 Å². The molecule has 2 aromatic carbocycles. The summed E-state index contributed by atoms with van der Waals surface area (Å²) >= 11 is 0. The van der Waals surface area contributed by atoms with Gasteiger partial charge < -0.3 is 15.8 Å². The van der Waals surface area contributed by atoms with Crippen LogP contribution >= 0.6 is 0 Å². The smallest absolute Gasteiger partial charge is 0.412 e. The first kappa shape index (κ1) is 30.7. The van der Waals surface area contributed by atoms with Crippen LogP contribution in [0, 0.1) is 6.92 Å². The van der Waals surface area contributed by atoms with E-state index in [-0.39, 0.29) is 25.3 Å². The third-order valence-electron chi connectivity index (χ3n) is 7.00. The second kappa shape index (κ2) is 14.1. The molecule has 222 valence electrons. The van der Waals surface area contributed by atoms with E-state index in [1.807, 2.05) is 49.4 Å². The number of carbonyl (C=O) groups excluding carboxylic acids is 3. The molecule has 10 nitrogen and oxygen atoms in total. The number of anilines is 1. The molecule has 0 saturated carbocycles. The molecule has 2 heterocycles. The minimum absolute atomic E-state index is 0.0494. The molecule has 0 spiro atoms. The number of hydrogen-bond donors (Lipinski definition) is 3. The molecule has 4 aromatic rings. The molecule has 1 unspecified atom stereocenters. The molecule has 10 heteroatoms. The second-order valence-electron chi connectivity index (χ2n) is 10.1. The summed E-state index contributed by atoms with van der Waals surface area (Å²) in [7, 11) is 0. The molecule has 3 amide bonds. The van der Waals surface area contributed by atoms with Crippen molar-refractivity contribution in [3.05, 3.63) is 118 Å². The summed E-state index contributed by atoms with van der Waals surface area (Å²) in [6, 6.07) is 26.7. The van der Waals surface area contributed by atoms with Crippen LogP contribution in [-0.4, -0.2) is 34.0 Å². The van der Waals surface area contributed by atoms with E-state index in [1.54, 1.807) is 49.4 Å². The number of nitrogens with two attached hydrogens (primary N) is 1. The van der Waals surface area contributed by atoms with Crippen LogP contribution in [0.25, 0.3) is 11.3 Å². The molecule has 0 fully saturated rings. The van der Waals surface area contributed by atoms with Crippen molar-refractivity contribution in [3.63, 3.8) is 0 Å². The van der Waals surface area contributed by atoms with E-state index in [0.717, 1.165) is 15.8 Å². The van der Waals surface area contributed by atoms with Gasteiger partial charge in [-0.05, 0) is 55.2 Å². The van der Waals surface area contributed by atoms with Crippen LogP contribution in [0.5, 0.6) is 0 Å². The van der Waals surface area contributed by atoms with E-state index < -0.39 is 29.0 Å². The molecular formula is C33H35N5O5. The third kappa shape index (κ3) is 7.16. The minimum atomic E-state index is -2.08. The average molecular weight is 582 g/mol. The van der Waals surface area contributed by atoms with Crippen LogP contribution in [0.1, 0.15) is 36.7 Å². The van der Waals surface area contributed by atoms with E-state index in [0.29, 0.717) is 29.8 Å². The zero-order chi connectivity index (χ0) is 30.8. The predicted molar refractivity (Wildman–Crippen MR) is 164 cm³/mol. The molecular weight excluding hydrogens is 546 g/mol. The quantitative estimate of drug-likeness (QED) is 0.213. The van der Waals surface area contributed by atoms with E-state index >= 15 is 0 Å². The summed E-state index contributed by atoms with van der Waals surface area (Å²) in [6.45, 7) is 3.71. The van der Waals surface area contributed by atoms with E-state index in [1.165, 1.54) is 6.07 Å². The molecule has 43 heavy (non-hydrogen) atoms. The highest BCUT2D eigenvalue weighted by Gasteiger charge is 2.48. The lowest BCUT2D eigenvalue weighted by Crippen LogP contribution is -2.60. The third-order valence-corrected chi connectivity index (χ3v) is 7.00. The van der Waals surface area contributed by atoms with Gasteiger partial charge in [-0.2, -0.15) is 0 Å². The molecule has 0 aliphatic heterocycles. The van der Waals surface area contributed by atoms with Crippen molar-refractivity contribution in [1.29, 1.82) is 0 Å². The number of carbonyl (C=O) groups is 3. The van der Waals surface area contributed by atoms with Gasteiger partial charge in [0.25, 0.3) is 17.4 Å². The SMILES string of the molecule is CCCC(C(N)=O)(C(=O)NCCc1ccccc1)n1c(-c2ccccc2)ccc(NC(=O)OCc2cccc(C)n2)c1=O. The van der Waals surface area contributed by atoms with E-state index in [4.69, 9.17) is 10.5 Å². The Morgan fingerprint density at radius 3 is 2.28 bits per heavy atom. The molecule has 0 aliphatic carbocycles. The fourth-order valence-electron chi connectivity index (χ4n) is 4.96. The Labute approximate surface area is 249 Å². The lowest BCUT2D eigenvalue weighted by atomic mass is 9.89. The number of aryl methyl sites for hydroxylation is 1.